The number of nitrogens with one attached hydrogen (secondary N) is 1. The van der Waals surface area contributed by atoms with Crippen LogP contribution in [0.2, 0.25) is 5.02 Å². The van der Waals surface area contributed by atoms with Crippen LogP contribution < -0.4 is 14.2 Å². The zero-order valence-electron chi connectivity index (χ0n) is 12.6. The van der Waals surface area contributed by atoms with E-state index in [4.69, 9.17) is 21.1 Å². The van der Waals surface area contributed by atoms with E-state index in [1.54, 1.807) is 0 Å². The Labute approximate surface area is 143 Å². The lowest BCUT2D eigenvalue weighted by Gasteiger charge is -2.14. The van der Waals surface area contributed by atoms with Gasteiger partial charge in [-0.15, -0.1) is 0 Å². The molecule has 0 amide bonds. The second kappa shape index (κ2) is 6.93. The third-order valence-electron chi connectivity index (χ3n) is 3.05. The fraction of sp³-hybridized carbons (Fsp3) is 0.143. The van der Waals surface area contributed by atoms with Gasteiger partial charge in [-0.3, -0.25) is 14.8 Å². The highest BCUT2D eigenvalue weighted by atomic mass is 35.5. The van der Waals surface area contributed by atoms with Gasteiger partial charge in [0.1, 0.15) is 16.4 Å². The maximum atomic E-state index is 12.6. The number of ether oxygens (including phenoxy) is 2. The van der Waals surface area contributed by atoms with Gasteiger partial charge in [-0.2, -0.15) is 0 Å². The van der Waals surface area contributed by atoms with Crippen molar-refractivity contribution in [2.45, 2.75) is 4.90 Å². The SMILES string of the molecule is COc1ccc([N+](=O)[O-])cc1NS(=O)(=O)c1cc(Cl)ccc1OC. The summed E-state index contributed by atoms with van der Waals surface area (Å²) in [7, 11) is -1.48. The summed E-state index contributed by atoms with van der Waals surface area (Å²) >= 11 is 5.85. The molecule has 0 spiro atoms. The van der Waals surface area contributed by atoms with Crippen LogP contribution in [0.5, 0.6) is 11.5 Å². The Morgan fingerprint density at radius 3 is 2.29 bits per heavy atom. The molecule has 0 saturated carbocycles. The monoisotopic (exact) mass is 372 g/mol. The standard InChI is InChI=1S/C14H13ClN2O6S/c1-22-12-6-4-10(17(18)19)8-11(12)16-24(20,21)14-7-9(15)3-5-13(14)23-2/h3-8,16H,1-2H3. The number of benzene rings is 2. The number of nitrogens with zero attached hydrogens (tertiary/aromatic N) is 1. The molecular formula is C14H13ClN2O6S. The van der Waals surface area contributed by atoms with Crippen molar-refractivity contribution in [3.05, 3.63) is 51.5 Å². The minimum atomic E-state index is -4.12. The molecule has 128 valence electrons. The van der Waals surface area contributed by atoms with E-state index >= 15 is 0 Å². The van der Waals surface area contributed by atoms with Crippen LogP contribution in [0.1, 0.15) is 0 Å². The summed E-state index contributed by atoms with van der Waals surface area (Å²) in [5.74, 6) is 0.210. The minimum absolute atomic E-state index is 0.0753. The lowest BCUT2D eigenvalue weighted by Crippen LogP contribution is -2.15. The van der Waals surface area contributed by atoms with E-state index in [1.807, 2.05) is 0 Å². The molecule has 0 saturated heterocycles. The van der Waals surface area contributed by atoms with Crippen molar-refractivity contribution in [1.29, 1.82) is 0 Å². The van der Waals surface area contributed by atoms with Crippen molar-refractivity contribution >= 4 is 33.0 Å². The molecule has 2 rings (SSSR count). The number of non-ortho nitro benzene ring substituents is 1. The lowest BCUT2D eigenvalue weighted by atomic mass is 10.2. The van der Waals surface area contributed by atoms with Crippen molar-refractivity contribution in [2.24, 2.45) is 0 Å². The molecule has 0 unspecified atom stereocenters. The highest BCUT2D eigenvalue weighted by molar-refractivity contribution is 7.92. The summed E-state index contributed by atoms with van der Waals surface area (Å²) in [5.41, 5.74) is -0.361. The molecule has 0 heterocycles. The van der Waals surface area contributed by atoms with Crippen molar-refractivity contribution in [2.75, 3.05) is 18.9 Å². The summed E-state index contributed by atoms with van der Waals surface area (Å²) < 4.78 is 37.5. The highest BCUT2D eigenvalue weighted by Crippen LogP contribution is 2.33. The molecule has 1 N–H and O–H groups in total. The van der Waals surface area contributed by atoms with Crippen LogP contribution in [-0.2, 0) is 10.0 Å². The average Bonchev–Trinajstić information content (AvgIpc) is 2.54. The molecule has 0 aliphatic carbocycles. The predicted octanol–water partition coefficient (Wildman–Crippen LogP) is 3.07. The van der Waals surface area contributed by atoms with E-state index in [0.29, 0.717) is 0 Å². The molecule has 0 aliphatic heterocycles. The van der Waals surface area contributed by atoms with Crippen LogP contribution in [0, 0.1) is 10.1 Å². The maximum absolute atomic E-state index is 12.6. The van der Waals surface area contributed by atoms with Crippen molar-refractivity contribution in [3.8, 4) is 11.5 Å². The predicted molar refractivity (Wildman–Crippen MR) is 88.5 cm³/mol. The van der Waals surface area contributed by atoms with Gasteiger partial charge in [-0.05, 0) is 24.3 Å². The number of hydrogen-bond acceptors (Lipinski definition) is 6. The third-order valence-corrected chi connectivity index (χ3v) is 4.68. The first kappa shape index (κ1) is 17.8. The molecule has 0 radical (unpaired) electrons. The first-order valence-electron chi connectivity index (χ1n) is 6.47. The van der Waals surface area contributed by atoms with Crippen molar-refractivity contribution in [1.82, 2.24) is 0 Å². The molecular weight excluding hydrogens is 360 g/mol. The number of halogens is 1. The zero-order chi connectivity index (χ0) is 17.9. The third kappa shape index (κ3) is 3.69. The summed E-state index contributed by atoms with van der Waals surface area (Å²) in [6, 6.07) is 7.66. The van der Waals surface area contributed by atoms with Gasteiger partial charge in [0, 0.05) is 17.2 Å². The Morgan fingerprint density at radius 2 is 1.71 bits per heavy atom. The highest BCUT2D eigenvalue weighted by Gasteiger charge is 2.23. The minimum Gasteiger partial charge on any atom is -0.495 e. The van der Waals surface area contributed by atoms with Gasteiger partial charge in [-0.1, -0.05) is 11.6 Å². The first-order chi connectivity index (χ1) is 11.3. The number of anilines is 1. The van der Waals surface area contributed by atoms with Gasteiger partial charge in [0.15, 0.2) is 0 Å². The second-order valence-electron chi connectivity index (χ2n) is 4.54. The number of rotatable bonds is 6. The first-order valence-corrected chi connectivity index (χ1v) is 8.33. The molecule has 0 fully saturated rings. The Balaban J connectivity index is 2.52. The van der Waals surface area contributed by atoms with Gasteiger partial charge < -0.3 is 9.47 Å². The molecule has 2 aromatic carbocycles. The van der Waals surface area contributed by atoms with E-state index in [9.17, 15) is 18.5 Å². The molecule has 0 bridgehead atoms. The lowest BCUT2D eigenvalue weighted by molar-refractivity contribution is -0.384. The molecule has 24 heavy (non-hydrogen) atoms. The van der Waals surface area contributed by atoms with Crippen LogP contribution in [0.3, 0.4) is 0 Å². The topological polar surface area (TPSA) is 108 Å². The average molecular weight is 373 g/mol. The number of hydrogen-bond donors (Lipinski definition) is 1. The normalized spacial score (nSPS) is 11.0. The number of nitro benzene ring substituents is 1. The van der Waals surface area contributed by atoms with Gasteiger partial charge in [0.2, 0.25) is 0 Å². The molecule has 0 atom stereocenters. The molecule has 10 heteroatoms. The van der Waals surface area contributed by atoms with Crippen LogP contribution in [-0.4, -0.2) is 27.6 Å². The van der Waals surface area contributed by atoms with E-state index in [0.717, 1.165) is 6.07 Å². The van der Waals surface area contributed by atoms with E-state index < -0.39 is 14.9 Å². The summed E-state index contributed by atoms with van der Waals surface area (Å²) in [5, 5.41) is 11.1. The molecule has 0 aromatic heterocycles. The summed E-state index contributed by atoms with van der Waals surface area (Å²) in [4.78, 5) is 10.0. The molecule has 8 nitrogen and oxygen atoms in total. The summed E-state index contributed by atoms with van der Waals surface area (Å²) in [6.45, 7) is 0. The van der Waals surface area contributed by atoms with Gasteiger partial charge in [0.25, 0.3) is 15.7 Å². The number of sulfonamides is 1. The Kier molecular flexibility index (Phi) is 5.15. The summed E-state index contributed by atoms with van der Waals surface area (Å²) in [6.07, 6.45) is 0. The van der Waals surface area contributed by atoms with E-state index in [2.05, 4.69) is 4.72 Å². The van der Waals surface area contributed by atoms with Crippen LogP contribution in [0.15, 0.2) is 41.3 Å². The smallest absolute Gasteiger partial charge is 0.271 e. The Bertz CT molecular complexity index is 885. The Hall–Kier alpha value is -2.52. The quantitative estimate of drug-likeness (QED) is 0.616. The number of methoxy groups -OCH3 is 2. The Morgan fingerprint density at radius 1 is 1.08 bits per heavy atom. The van der Waals surface area contributed by atoms with Crippen LogP contribution in [0.25, 0.3) is 0 Å². The zero-order valence-corrected chi connectivity index (χ0v) is 14.2. The molecule has 2 aromatic rings. The largest absolute Gasteiger partial charge is 0.495 e. The second-order valence-corrected chi connectivity index (χ2v) is 6.63. The fourth-order valence-corrected chi connectivity index (χ4v) is 3.44. The molecule has 0 aliphatic rings. The van der Waals surface area contributed by atoms with Crippen LogP contribution in [0.4, 0.5) is 11.4 Å². The maximum Gasteiger partial charge on any atom is 0.271 e. The van der Waals surface area contributed by atoms with Gasteiger partial charge in [-0.25, -0.2) is 8.42 Å². The van der Waals surface area contributed by atoms with Gasteiger partial charge in [0.05, 0.1) is 24.8 Å². The van der Waals surface area contributed by atoms with Crippen molar-refractivity contribution < 1.29 is 22.8 Å². The van der Waals surface area contributed by atoms with Crippen LogP contribution >= 0.6 is 11.6 Å². The number of nitro groups is 1. The van der Waals surface area contributed by atoms with Crippen molar-refractivity contribution in [3.63, 3.8) is 0 Å². The van der Waals surface area contributed by atoms with E-state index in [1.165, 1.54) is 44.6 Å². The fourth-order valence-electron chi connectivity index (χ4n) is 1.95. The van der Waals surface area contributed by atoms with Gasteiger partial charge >= 0.3 is 0 Å². The van der Waals surface area contributed by atoms with E-state index in [-0.39, 0.29) is 32.8 Å².